The van der Waals surface area contributed by atoms with Gasteiger partial charge in [-0.3, -0.25) is 4.79 Å². The van der Waals surface area contributed by atoms with Gasteiger partial charge in [0, 0.05) is 12.8 Å². The maximum atomic E-state index is 11.1. The van der Waals surface area contributed by atoms with Crippen molar-refractivity contribution in [3.63, 3.8) is 0 Å². The number of Topliss-reactive ketones (excluding diaryl/α,β-unsaturated/α-hetero) is 1. The van der Waals surface area contributed by atoms with E-state index in [0.717, 1.165) is 6.08 Å². The number of ketones is 1. The average molecular weight is 242 g/mol. The minimum Gasteiger partial charge on any atom is -0.507 e. The highest BCUT2D eigenvalue weighted by Crippen LogP contribution is 2.05. The molecule has 0 aromatic carbocycles. The number of carbonyl (C=O) groups is 3. The van der Waals surface area contributed by atoms with Gasteiger partial charge >= 0.3 is 11.9 Å². The van der Waals surface area contributed by atoms with Gasteiger partial charge in [-0.25, -0.2) is 9.59 Å². The first-order valence-electron chi connectivity index (χ1n) is 4.98. The van der Waals surface area contributed by atoms with Gasteiger partial charge in [0.15, 0.2) is 5.57 Å². The molecular formula is C11H14O6. The molecule has 0 aliphatic rings. The molecule has 0 amide bonds. The molecule has 0 heterocycles. The van der Waals surface area contributed by atoms with Crippen LogP contribution in [0.4, 0.5) is 0 Å². The first-order valence-corrected chi connectivity index (χ1v) is 4.98. The molecule has 0 spiro atoms. The second-order valence-corrected chi connectivity index (χ2v) is 3.27. The highest BCUT2D eigenvalue weighted by atomic mass is 16.4. The van der Waals surface area contributed by atoms with E-state index in [9.17, 15) is 19.5 Å². The first kappa shape index (κ1) is 14.9. The maximum absolute atomic E-state index is 11.1. The molecule has 6 heteroatoms. The van der Waals surface area contributed by atoms with E-state index < -0.39 is 23.3 Å². The molecule has 0 unspecified atom stereocenters. The molecule has 6 nitrogen and oxygen atoms in total. The number of aliphatic hydroxyl groups is 1. The Bertz CT molecular complexity index is 361. The molecule has 0 rings (SSSR count). The summed E-state index contributed by atoms with van der Waals surface area (Å²) in [6.45, 7) is 1.84. The molecule has 3 N–H and O–H groups in total. The largest absolute Gasteiger partial charge is 0.507 e. The lowest BCUT2D eigenvalue weighted by Gasteiger charge is -1.97. The van der Waals surface area contributed by atoms with E-state index in [1.165, 1.54) is 6.08 Å². The van der Waals surface area contributed by atoms with Gasteiger partial charge < -0.3 is 15.3 Å². The zero-order chi connectivity index (χ0) is 13.4. The molecule has 0 saturated heterocycles. The van der Waals surface area contributed by atoms with Crippen LogP contribution in [0, 0.1) is 0 Å². The molecule has 0 radical (unpaired) electrons. The van der Waals surface area contributed by atoms with Crippen LogP contribution in [0.1, 0.15) is 26.2 Å². The fourth-order valence-corrected chi connectivity index (χ4v) is 1.08. The quantitative estimate of drug-likeness (QED) is 0.204. The Kier molecular flexibility index (Phi) is 6.32. The predicted molar refractivity (Wildman–Crippen MR) is 58.6 cm³/mol. The van der Waals surface area contributed by atoms with Crippen LogP contribution in [0.15, 0.2) is 23.5 Å². The lowest BCUT2D eigenvalue weighted by Crippen LogP contribution is -2.13. The zero-order valence-electron chi connectivity index (χ0n) is 9.34. The maximum Gasteiger partial charge on any atom is 0.346 e. The van der Waals surface area contributed by atoms with Crippen molar-refractivity contribution < 1.29 is 29.7 Å². The summed E-state index contributed by atoms with van der Waals surface area (Å²) in [4.78, 5) is 32.0. The minimum atomic E-state index is -1.74. The summed E-state index contributed by atoms with van der Waals surface area (Å²) in [6, 6.07) is 0. The number of carboxylic acid groups (broad SMARTS) is 2. The Morgan fingerprint density at radius 2 is 1.59 bits per heavy atom. The van der Waals surface area contributed by atoms with Crippen molar-refractivity contribution in [1.82, 2.24) is 0 Å². The standard InChI is InChI=1S/C11H14O6/c1-2-4-7(12)5-3-6-8(13)9(10(14)15)11(16)17/h3,6,13H,2,4-5H2,1H3,(H,14,15)(H,16,17)/b6-3+. The SMILES string of the molecule is CCCC(=O)C/C=C/C(O)=C(C(=O)O)C(=O)O. The normalized spacial score (nSPS) is 10.2. The Morgan fingerprint density at radius 3 is 2.00 bits per heavy atom. The highest BCUT2D eigenvalue weighted by molar-refractivity contribution is 6.13. The first-order chi connectivity index (χ1) is 7.90. The van der Waals surface area contributed by atoms with Gasteiger partial charge in [-0.2, -0.15) is 0 Å². The third-order valence-corrected chi connectivity index (χ3v) is 1.83. The fraction of sp³-hybridized carbons (Fsp3) is 0.364. The van der Waals surface area contributed by atoms with Gasteiger partial charge in [0.25, 0.3) is 0 Å². The Balaban J connectivity index is 4.69. The van der Waals surface area contributed by atoms with Crippen LogP contribution in [-0.4, -0.2) is 33.0 Å². The molecule has 17 heavy (non-hydrogen) atoms. The monoisotopic (exact) mass is 242 g/mol. The topological polar surface area (TPSA) is 112 Å². The number of hydrogen-bond donors (Lipinski definition) is 3. The summed E-state index contributed by atoms with van der Waals surface area (Å²) in [6.07, 6.45) is 3.26. The molecule has 0 bridgehead atoms. The lowest BCUT2D eigenvalue weighted by atomic mass is 10.1. The van der Waals surface area contributed by atoms with E-state index in [1.807, 2.05) is 6.92 Å². The average Bonchev–Trinajstić information content (AvgIpc) is 2.16. The van der Waals surface area contributed by atoms with Crippen molar-refractivity contribution in [2.75, 3.05) is 0 Å². The second-order valence-electron chi connectivity index (χ2n) is 3.27. The van der Waals surface area contributed by atoms with Crippen molar-refractivity contribution in [2.24, 2.45) is 0 Å². The highest BCUT2D eigenvalue weighted by Gasteiger charge is 2.20. The number of carboxylic acids is 2. The van der Waals surface area contributed by atoms with E-state index in [4.69, 9.17) is 10.2 Å². The van der Waals surface area contributed by atoms with E-state index in [1.54, 1.807) is 0 Å². The summed E-state index contributed by atoms with van der Waals surface area (Å²) in [5, 5.41) is 26.2. The Hall–Kier alpha value is -2.11. The molecule has 0 aromatic heterocycles. The summed E-state index contributed by atoms with van der Waals surface area (Å²) in [7, 11) is 0. The van der Waals surface area contributed by atoms with E-state index >= 15 is 0 Å². The van der Waals surface area contributed by atoms with Crippen LogP contribution in [0.3, 0.4) is 0 Å². The molecule has 0 aliphatic carbocycles. The van der Waals surface area contributed by atoms with Crippen molar-refractivity contribution in [2.45, 2.75) is 26.2 Å². The number of hydrogen-bond acceptors (Lipinski definition) is 4. The van der Waals surface area contributed by atoms with E-state index in [0.29, 0.717) is 12.8 Å². The molecule has 0 saturated carbocycles. The summed E-state index contributed by atoms with van der Waals surface area (Å²) < 4.78 is 0. The van der Waals surface area contributed by atoms with Crippen LogP contribution in [0.2, 0.25) is 0 Å². The summed E-state index contributed by atoms with van der Waals surface area (Å²) in [5.74, 6) is -4.42. The van der Waals surface area contributed by atoms with Crippen molar-refractivity contribution in [1.29, 1.82) is 0 Å². The third kappa shape index (κ3) is 5.50. The lowest BCUT2D eigenvalue weighted by molar-refractivity contribution is -0.140. The van der Waals surface area contributed by atoms with Crippen molar-refractivity contribution in [3.05, 3.63) is 23.5 Å². The third-order valence-electron chi connectivity index (χ3n) is 1.83. The summed E-state index contributed by atoms with van der Waals surface area (Å²) in [5.41, 5.74) is -1.12. The van der Waals surface area contributed by atoms with Gasteiger partial charge in [0.05, 0.1) is 0 Å². The minimum absolute atomic E-state index is 0.0322. The van der Waals surface area contributed by atoms with E-state index in [2.05, 4.69) is 0 Å². The second kappa shape index (κ2) is 7.21. The van der Waals surface area contributed by atoms with Crippen LogP contribution in [-0.2, 0) is 14.4 Å². The molecule has 0 aliphatic heterocycles. The number of rotatable bonds is 7. The number of allylic oxidation sites excluding steroid dienone is 2. The molecule has 0 aromatic rings. The van der Waals surface area contributed by atoms with Gasteiger partial charge in [-0.05, 0) is 12.5 Å². The predicted octanol–water partition coefficient (Wildman–Crippen LogP) is 1.28. The zero-order valence-corrected chi connectivity index (χ0v) is 9.34. The van der Waals surface area contributed by atoms with Gasteiger partial charge in [0.2, 0.25) is 0 Å². The van der Waals surface area contributed by atoms with Gasteiger partial charge in [-0.1, -0.05) is 13.0 Å². The molecule has 0 atom stereocenters. The summed E-state index contributed by atoms with van der Waals surface area (Å²) >= 11 is 0. The van der Waals surface area contributed by atoms with Crippen LogP contribution >= 0.6 is 0 Å². The van der Waals surface area contributed by atoms with Crippen molar-refractivity contribution >= 4 is 17.7 Å². The Morgan fingerprint density at radius 1 is 1.06 bits per heavy atom. The van der Waals surface area contributed by atoms with Gasteiger partial charge in [0.1, 0.15) is 11.5 Å². The number of aliphatic carboxylic acids is 2. The molecule has 0 fully saturated rings. The Labute approximate surface area is 97.9 Å². The van der Waals surface area contributed by atoms with Crippen molar-refractivity contribution in [3.8, 4) is 0 Å². The fourth-order valence-electron chi connectivity index (χ4n) is 1.08. The van der Waals surface area contributed by atoms with Crippen LogP contribution in [0.25, 0.3) is 0 Å². The van der Waals surface area contributed by atoms with E-state index in [-0.39, 0.29) is 12.2 Å². The number of aliphatic hydroxyl groups excluding tert-OH is 1. The molecule has 94 valence electrons. The number of carbonyl (C=O) groups excluding carboxylic acids is 1. The van der Waals surface area contributed by atoms with Crippen LogP contribution < -0.4 is 0 Å². The van der Waals surface area contributed by atoms with Gasteiger partial charge in [-0.15, -0.1) is 0 Å². The smallest absolute Gasteiger partial charge is 0.346 e. The van der Waals surface area contributed by atoms with Crippen LogP contribution in [0.5, 0.6) is 0 Å². The molecular weight excluding hydrogens is 228 g/mol.